The van der Waals surface area contributed by atoms with E-state index in [0.29, 0.717) is 5.78 Å². The van der Waals surface area contributed by atoms with Crippen LogP contribution in [0.2, 0.25) is 0 Å². The van der Waals surface area contributed by atoms with E-state index < -0.39 is 17.0 Å². The van der Waals surface area contributed by atoms with Crippen LogP contribution in [0.5, 0.6) is 0 Å². The summed E-state index contributed by atoms with van der Waals surface area (Å²) in [6.07, 6.45) is 29.5. The number of unbranched alkanes of at least 4 members (excludes halogenated alkanes) is 4. The molecule has 5 saturated carbocycles. The maximum Gasteiger partial charge on any atom is 0.151 e. The zero-order chi connectivity index (χ0) is 26.6. The van der Waals surface area contributed by atoms with Crippen molar-refractivity contribution < 1.29 is 9.18 Å². The number of hydrogen-bond acceptors (Lipinski definition) is 1. The Bertz CT molecular complexity index is 666. The Morgan fingerprint density at radius 1 is 0.553 bits per heavy atom. The average molecular weight is 529 g/mol. The second kappa shape index (κ2) is 13.1. The molecule has 2 heteroatoms. The second-order valence-electron chi connectivity index (χ2n) is 15.2. The molecule has 0 atom stereocenters. The SMILES string of the molecule is CCCCCC1CCC(C2CCC3(CC2)C(=O)C2(CCC(C4CCC(CCCCC)CC4)CC2)C3F)CC1. The fourth-order valence-corrected chi connectivity index (χ4v) is 10.7. The third-order valence-electron chi connectivity index (χ3n) is 13.3. The van der Waals surface area contributed by atoms with Crippen LogP contribution < -0.4 is 0 Å². The average Bonchev–Trinajstić information content (AvgIpc) is 2.98. The molecule has 0 bridgehead atoms. The van der Waals surface area contributed by atoms with Crippen LogP contribution in [-0.4, -0.2) is 12.0 Å². The second-order valence-corrected chi connectivity index (χ2v) is 15.2. The predicted octanol–water partition coefficient (Wildman–Crippen LogP) is 11.0. The van der Waals surface area contributed by atoms with Gasteiger partial charge in [0.25, 0.3) is 0 Å². The van der Waals surface area contributed by atoms with Crippen molar-refractivity contribution in [3.05, 3.63) is 0 Å². The van der Waals surface area contributed by atoms with Gasteiger partial charge in [0.05, 0.1) is 10.8 Å². The molecule has 0 saturated heterocycles. The Kier molecular flexibility index (Phi) is 10.0. The van der Waals surface area contributed by atoms with E-state index in [2.05, 4.69) is 13.8 Å². The minimum Gasteiger partial charge on any atom is -0.298 e. The van der Waals surface area contributed by atoms with Gasteiger partial charge in [0.1, 0.15) is 6.17 Å². The molecule has 0 aromatic heterocycles. The van der Waals surface area contributed by atoms with Gasteiger partial charge in [-0.1, -0.05) is 90.9 Å². The molecule has 0 aromatic rings. The van der Waals surface area contributed by atoms with Crippen molar-refractivity contribution in [2.75, 3.05) is 0 Å². The molecule has 5 aliphatic carbocycles. The van der Waals surface area contributed by atoms with Gasteiger partial charge in [-0.3, -0.25) is 4.79 Å². The number of Topliss-reactive ketones (excluding diaryl/α,β-unsaturated/α-hetero) is 1. The van der Waals surface area contributed by atoms with Gasteiger partial charge in [-0.15, -0.1) is 0 Å². The first kappa shape index (κ1) is 29.1. The van der Waals surface area contributed by atoms with E-state index in [-0.39, 0.29) is 0 Å². The molecule has 0 N–H and O–H groups in total. The monoisotopic (exact) mass is 528 g/mol. The molecular formula is C36H61FO. The molecular weight excluding hydrogens is 467 g/mol. The molecule has 0 heterocycles. The normalized spacial score (nSPS) is 43.9. The zero-order valence-corrected chi connectivity index (χ0v) is 25.3. The van der Waals surface area contributed by atoms with Gasteiger partial charge in [0.15, 0.2) is 5.78 Å². The van der Waals surface area contributed by atoms with Crippen molar-refractivity contribution in [2.45, 2.75) is 174 Å². The molecule has 1 nitrogen and oxygen atoms in total. The highest BCUT2D eigenvalue weighted by Crippen LogP contribution is 2.66. The molecule has 2 spiro atoms. The van der Waals surface area contributed by atoms with Crippen LogP contribution in [0.25, 0.3) is 0 Å². The minimum atomic E-state index is -0.840. The van der Waals surface area contributed by atoms with Crippen LogP contribution in [0.1, 0.15) is 168 Å². The molecule has 218 valence electrons. The Labute approximate surface area is 235 Å². The quantitative estimate of drug-likeness (QED) is 0.258. The van der Waals surface area contributed by atoms with Crippen LogP contribution in [0.3, 0.4) is 0 Å². The van der Waals surface area contributed by atoms with E-state index in [0.717, 1.165) is 86.9 Å². The van der Waals surface area contributed by atoms with E-state index in [4.69, 9.17) is 0 Å². The van der Waals surface area contributed by atoms with Crippen LogP contribution in [0.15, 0.2) is 0 Å². The number of ketones is 1. The summed E-state index contributed by atoms with van der Waals surface area (Å²) < 4.78 is 16.2. The predicted molar refractivity (Wildman–Crippen MR) is 158 cm³/mol. The molecule has 0 aromatic carbocycles. The van der Waals surface area contributed by atoms with Gasteiger partial charge in [-0.2, -0.15) is 0 Å². The summed E-state index contributed by atoms with van der Waals surface area (Å²) in [7, 11) is 0. The topological polar surface area (TPSA) is 17.1 Å². The van der Waals surface area contributed by atoms with E-state index in [1.54, 1.807) is 0 Å². The highest BCUT2D eigenvalue weighted by molar-refractivity contribution is 5.98. The summed E-state index contributed by atoms with van der Waals surface area (Å²) in [5, 5.41) is 0. The molecule has 5 aliphatic rings. The fraction of sp³-hybridized carbons (Fsp3) is 0.972. The van der Waals surface area contributed by atoms with Gasteiger partial charge in [0.2, 0.25) is 0 Å². The van der Waals surface area contributed by atoms with Crippen molar-refractivity contribution >= 4 is 5.78 Å². The van der Waals surface area contributed by atoms with E-state index in [1.165, 1.54) is 103 Å². The highest BCUT2D eigenvalue weighted by atomic mass is 19.1. The summed E-state index contributed by atoms with van der Waals surface area (Å²) in [6.45, 7) is 4.60. The molecule has 0 radical (unpaired) electrons. The maximum absolute atomic E-state index is 16.2. The number of carbonyl (C=O) groups excluding carboxylic acids is 1. The summed E-state index contributed by atoms with van der Waals surface area (Å²) in [5.41, 5.74) is -1.14. The summed E-state index contributed by atoms with van der Waals surface area (Å²) >= 11 is 0. The zero-order valence-electron chi connectivity index (χ0n) is 25.3. The molecule has 0 aliphatic heterocycles. The van der Waals surface area contributed by atoms with Crippen molar-refractivity contribution in [3.63, 3.8) is 0 Å². The van der Waals surface area contributed by atoms with Crippen LogP contribution in [0.4, 0.5) is 4.39 Å². The third kappa shape index (κ3) is 5.82. The van der Waals surface area contributed by atoms with Crippen molar-refractivity contribution in [3.8, 4) is 0 Å². The molecule has 0 amide bonds. The third-order valence-corrected chi connectivity index (χ3v) is 13.3. The lowest BCUT2D eigenvalue weighted by Crippen LogP contribution is -2.69. The van der Waals surface area contributed by atoms with Gasteiger partial charge in [0, 0.05) is 0 Å². The van der Waals surface area contributed by atoms with Crippen LogP contribution in [0, 0.1) is 46.3 Å². The van der Waals surface area contributed by atoms with E-state index >= 15 is 4.39 Å². The Balaban J connectivity index is 1.04. The standard InChI is InChI=1S/C36H61FO/c1-3-5-7-9-27-11-15-29(16-12-27)31-19-23-35(24-20-31)33(37)36(34(35)38)25-21-32(22-26-36)30-17-13-28(14-18-30)10-8-6-4-2/h27-33H,3-26H2,1-2H3. The number of carbonyl (C=O) groups is 1. The lowest BCUT2D eigenvalue weighted by Gasteiger charge is -2.62. The number of hydrogen-bond donors (Lipinski definition) is 0. The summed E-state index contributed by atoms with van der Waals surface area (Å²) in [5.74, 6) is 5.55. The minimum absolute atomic E-state index is 0.383. The number of rotatable bonds is 10. The molecule has 0 unspecified atom stereocenters. The first-order valence-electron chi connectivity index (χ1n) is 17.7. The molecule has 5 rings (SSSR count). The van der Waals surface area contributed by atoms with Gasteiger partial charge in [-0.25, -0.2) is 4.39 Å². The molecule has 5 fully saturated rings. The largest absolute Gasteiger partial charge is 0.298 e. The first-order chi connectivity index (χ1) is 18.5. The Hall–Kier alpha value is -0.400. The van der Waals surface area contributed by atoms with Crippen molar-refractivity contribution in [1.29, 1.82) is 0 Å². The Morgan fingerprint density at radius 2 is 0.895 bits per heavy atom. The Morgan fingerprint density at radius 3 is 1.21 bits per heavy atom. The highest BCUT2D eigenvalue weighted by Gasteiger charge is 2.71. The van der Waals surface area contributed by atoms with Gasteiger partial charge < -0.3 is 0 Å². The van der Waals surface area contributed by atoms with Crippen molar-refractivity contribution in [2.24, 2.45) is 46.3 Å². The smallest absolute Gasteiger partial charge is 0.151 e. The van der Waals surface area contributed by atoms with Crippen LogP contribution >= 0.6 is 0 Å². The lowest BCUT2D eigenvalue weighted by molar-refractivity contribution is -0.194. The first-order valence-corrected chi connectivity index (χ1v) is 17.7. The summed E-state index contributed by atoms with van der Waals surface area (Å²) in [4.78, 5) is 13.8. The molecule has 38 heavy (non-hydrogen) atoms. The van der Waals surface area contributed by atoms with E-state index in [9.17, 15) is 4.79 Å². The maximum atomic E-state index is 16.2. The van der Waals surface area contributed by atoms with E-state index in [1.807, 2.05) is 0 Å². The fourth-order valence-electron chi connectivity index (χ4n) is 10.7. The number of halogens is 1. The van der Waals surface area contributed by atoms with Gasteiger partial charge >= 0.3 is 0 Å². The van der Waals surface area contributed by atoms with Crippen LogP contribution in [-0.2, 0) is 4.79 Å². The summed E-state index contributed by atoms with van der Waals surface area (Å²) in [6, 6.07) is 0. The number of alkyl halides is 1. The van der Waals surface area contributed by atoms with Crippen molar-refractivity contribution in [1.82, 2.24) is 0 Å². The lowest BCUT2D eigenvalue weighted by atomic mass is 9.41. The van der Waals surface area contributed by atoms with Gasteiger partial charge in [-0.05, 0) is 113 Å².